The standard InChI is InChI=1S/C13H19N3O2/c1-9-7-11(18-15-9)10-3-2-6-16(10)12(17)13(8-14)4-5-13/h7,10H,2-6,8,14H2,1H3. The lowest BCUT2D eigenvalue weighted by molar-refractivity contribution is -0.138. The molecule has 2 heterocycles. The van der Waals surface area contributed by atoms with Gasteiger partial charge >= 0.3 is 0 Å². The Bertz CT molecular complexity index is 465. The van der Waals surface area contributed by atoms with Crippen molar-refractivity contribution in [1.82, 2.24) is 10.1 Å². The molecule has 18 heavy (non-hydrogen) atoms. The van der Waals surface area contributed by atoms with Crippen LogP contribution in [0.15, 0.2) is 10.6 Å². The number of aryl methyl sites for hydroxylation is 1. The predicted octanol–water partition coefficient (Wildman–Crippen LogP) is 1.39. The second-order valence-electron chi connectivity index (χ2n) is 5.51. The van der Waals surface area contributed by atoms with Crippen molar-refractivity contribution in [3.63, 3.8) is 0 Å². The SMILES string of the molecule is Cc1cc(C2CCCN2C(=O)C2(CN)CC2)on1. The topological polar surface area (TPSA) is 72.4 Å². The Hall–Kier alpha value is -1.36. The molecule has 1 aromatic rings. The van der Waals surface area contributed by atoms with E-state index in [1.165, 1.54) is 0 Å². The molecule has 5 heteroatoms. The summed E-state index contributed by atoms with van der Waals surface area (Å²) in [5.74, 6) is 1.02. The Kier molecular flexibility index (Phi) is 2.66. The summed E-state index contributed by atoms with van der Waals surface area (Å²) in [5, 5.41) is 3.92. The van der Waals surface area contributed by atoms with Crippen molar-refractivity contribution in [1.29, 1.82) is 0 Å². The number of nitrogens with zero attached hydrogens (tertiary/aromatic N) is 2. The van der Waals surface area contributed by atoms with Crippen molar-refractivity contribution >= 4 is 5.91 Å². The number of carbonyl (C=O) groups excluding carboxylic acids is 1. The molecular formula is C13H19N3O2. The maximum atomic E-state index is 12.5. The van der Waals surface area contributed by atoms with Crippen molar-refractivity contribution < 1.29 is 9.32 Å². The molecule has 2 fully saturated rings. The average Bonchev–Trinajstić information content (AvgIpc) is 2.81. The molecule has 98 valence electrons. The van der Waals surface area contributed by atoms with Gasteiger partial charge in [0.2, 0.25) is 5.91 Å². The number of likely N-dealkylation sites (tertiary alicyclic amines) is 1. The normalized spacial score (nSPS) is 25.4. The van der Waals surface area contributed by atoms with Gasteiger partial charge in [-0.3, -0.25) is 4.79 Å². The molecular weight excluding hydrogens is 230 g/mol. The fraction of sp³-hybridized carbons (Fsp3) is 0.692. The first kappa shape index (κ1) is 11.7. The number of hydrogen-bond donors (Lipinski definition) is 1. The molecule has 0 radical (unpaired) electrons. The number of carbonyl (C=O) groups is 1. The van der Waals surface area contributed by atoms with E-state index >= 15 is 0 Å². The van der Waals surface area contributed by atoms with Crippen LogP contribution in [0.4, 0.5) is 0 Å². The minimum atomic E-state index is -0.266. The molecule has 1 aromatic heterocycles. The molecule has 1 saturated heterocycles. The van der Waals surface area contributed by atoms with E-state index in [2.05, 4.69) is 5.16 Å². The van der Waals surface area contributed by atoms with Gasteiger partial charge in [-0.2, -0.15) is 0 Å². The van der Waals surface area contributed by atoms with Gasteiger partial charge in [-0.1, -0.05) is 5.16 Å². The van der Waals surface area contributed by atoms with Crippen molar-refractivity contribution in [3.05, 3.63) is 17.5 Å². The summed E-state index contributed by atoms with van der Waals surface area (Å²) in [7, 11) is 0. The van der Waals surface area contributed by atoms with Crippen molar-refractivity contribution in [2.45, 2.75) is 38.6 Å². The van der Waals surface area contributed by atoms with Crippen molar-refractivity contribution in [3.8, 4) is 0 Å². The van der Waals surface area contributed by atoms with Gasteiger partial charge < -0.3 is 15.2 Å². The van der Waals surface area contributed by atoms with Crippen LogP contribution >= 0.6 is 0 Å². The Morgan fingerprint density at radius 3 is 3.00 bits per heavy atom. The summed E-state index contributed by atoms with van der Waals surface area (Å²) in [4.78, 5) is 14.5. The number of amides is 1. The minimum Gasteiger partial charge on any atom is -0.359 e. The Balaban J connectivity index is 1.81. The first-order valence-electron chi connectivity index (χ1n) is 6.61. The van der Waals surface area contributed by atoms with Crippen LogP contribution in [0.2, 0.25) is 0 Å². The molecule has 1 aliphatic heterocycles. The summed E-state index contributed by atoms with van der Waals surface area (Å²) >= 11 is 0. The van der Waals surface area contributed by atoms with E-state index in [4.69, 9.17) is 10.3 Å². The third kappa shape index (κ3) is 1.73. The lowest BCUT2D eigenvalue weighted by atomic mass is 10.0. The molecule has 2 aliphatic rings. The van der Waals surface area contributed by atoms with Gasteiger partial charge in [0, 0.05) is 19.2 Å². The van der Waals surface area contributed by atoms with E-state index in [0.29, 0.717) is 6.54 Å². The summed E-state index contributed by atoms with van der Waals surface area (Å²) < 4.78 is 5.32. The lowest BCUT2D eigenvalue weighted by Gasteiger charge is -2.26. The molecule has 1 amide bonds. The second kappa shape index (κ2) is 4.09. The zero-order chi connectivity index (χ0) is 12.8. The highest BCUT2D eigenvalue weighted by molar-refractivity contribution is 5.86. The molecule has 0 bridgehead atoms. The Labute approximate surface area is 106 Å². The van der Waals surface area contributed by atoms with E-state index < -0.39 is 0 Å². The summed E-state index contributed by atoms with van der Waals surface area (Å²) in [6, 6.07) is 1.99. The maximum absolute atomic E-state index is 12.5. The predicted molar refractivity (Wildman–Crippen MR) is 65.6 cm³/mol. The van der Waals surface area contributed by atoms with Gasteiger partial charge in [-0.05, 0) is 32.6 Å². The Morgan fingerprint density at radius 1 is 1.67 bits per heavy atom. The lowest BCUT2D eigenvalue weighted by Crippen LogP contribution is -2.40. The quantitative estimate of drug-likeness (QED) is 0.878. The van der Waals surface area contributed by atoms with Crippen LogP contribution in [-0.2, 0) is 4.79 Å². The Morgan fingerprint density at radius 2 is 2.44 bits per heavy atom. The van der Waals surface area contributed by atoms with Crippen LogP contribution < -0.4 is 5.73 Å². The van der Waals surface area contributed by atoms with Crippen molar-refractivity contribution in [2.24, 2.45) is 11.1 Å². The minimum absolute atomic E-state index is 0.0581. The highest BCUT2D eigenvalue weighted by Crippen LogP contribution is 2.48. The van der Waals surface area contributed by atoms with E-state index in [0.717, 1.165) is 43.7 Å². The molecule has 1 unspecified atom stereocenters. The summed E-state index contributed by atoms with van der Waals surface area (Å²) in [5.41, 5.74) is 6.34. The highest BCUT2D eigenvalue weighted by Gasteiger charge is 2.52. The van der Waals surface area contributed by atoms with E-state index in [9.17, 15) is 4.79 Å². The number of nitrogens with two attached hydrogens (primary N) is 1. The van der Waals surface area contributed by atoms with Gasteiger partial charge in [0.1, 0.15) is 0 Å². The third-order valence-corrected chi connectivity index (χ3v) is 4.19. The molecule has 2 N–H and O–H groups in total. The molecule has 0 aromatic carbocycles. The molecule has 0 spiro atoms. The smallest absolute Gasteiger partial charge is 0.230 e. The van der Waals surface area contributed by atoms with E-state index in [1.54, 1.807) is 0 Å². The molecule has 1 aliphatic carbocycles. The maximum Gasteiger partial charge on any atom is 0.230 e. The second-order valence-corrected chi connectivity index (χ2v) is 5.51. The fourth-order valence-corrected chi connectivity index (χ4v) is 2.81. The number of rotatable bonds is 3. The summed E-state index contributed by atoms with van der Waals surface area (Å²) in [6.07, 6.45) is 3.85. The first-order valence-corrected chi connectivity index (χ1v) is 6.61. The molecule has 1 saturated carbocycles. The van der Waals surface area contributed by atoms with Crippen molar-refractivity contribution in [2.75, 3.05) is 13.1 Å². The molecule has 3 rings (SSSR count). The van der Waals surface area contributed by atoms with Gasteiger partial charge in [-0.15, -0.1) is 0 Å². The van der Waals surface area contributed by atoms with Gasteiger partial charge in [0.15, 0.2) is 5.76 Å². The zero-order valence-electron chi connectivity index (χ0n) is 10.7. The van der Waals surface area contributed by atoms with E-state index in [-0.39, 0.29) is 17.4 Å². The van der Waals surface area contributed by atoms with Crippen LogP contribution in [0.1, 0.15) is 43.2 Å². The zero-order valence-corrected chi connectivity index (χ0v) is 10.7. The number of hydrogen-bond acceptors (Lipinski definition) is 4. The summed E-state index contributed by atoms with van der Waals surface area (Å²) in [6.45, 7) is 3.17. The highest BCUT2D eigenvalue weighted by atomic mass is 16.5. The van der Waals surface area contributed by atoms with Crippen LogP contribution in [0.5, 0.6) is 0 Å². The molecule has 5 nitrogen and oxygen atoms in total. The first-order chi connectivity index (χ1) is 8.66. The van der Waals surface area contributed by atoms with Crippen LogP contribution in [0.3, 0.4) is 0 Å². The molecule has 1 atom stereocenters. The monoisotopic (exact) mass is 249 g/mol. The van der Waals surface area contributed by atoms with Crippen LogP contribution in [0.25, 0.3) is 0 Å². The average molecular weight is 249 g/mol. The van der Waals surface area contributed by atoms with Gasteiger partial charge in [0.05, 0.1) is 17.2 Å². The largest absolute Gasteiger partial charge is 0.359 e. The van der Waals surface area contributed by atoms with Gasteiger partial charge in [0.25, 0.3) is 0 Å². The van der Waals surface area contributed by atoms with Gasteiger partial charge in [-0.25, -0.2) is 0 Å². The van der Waals surface area contributed by atoms with E-state index in [1.807, 2.05) is 17.9 Å². The van der Waals surface area contributed by atoms with Crippen LogP contribution in [0, 0.1) is 12.3 Å². The number of aromatic nitrogens is 1. The third-order valence-electron chi connectivity index (χ3n) is 4.19. The fourth-order valence-electron chi connectivity index (χ4n) is 2.81. The van der Waals surface area contributed by atoms with Crippen LogP contribution in [-0.4, -0.2) is 29.1 Å².